The van der Waals surface area contributed by atoms with E-state index >= 15 is 0 Å². The minimum absolute atomic E-state index is 0.00393. The van der Waals surface area contributed by atoms with Gasteiger partial charge in [-0.2, -0.15) is 4.31 Å². The Morgan fingerprint density at radius 3 is 2.49 bits per heavy atom. The molecule has 0 aromatic heterocycles. The second-order valence-electron chi connectivity index (χ2n) is 11.4. The topological polar surface area (TPSA) is 124 Å². The molecule has 1 N–H and O–H groups in total. The first-order valence-electron chi connectivity index (χ1n) is 14.6. The number of imide groups is 1. The normalized spacial score (nSPS) is 18.3. The van der Waals surface area contributed by atoms with Gasteiger partial charge in [0, 0.05) is 46.9 Å². The molecule has 1 atom stereocenters. The monoisotopic (exact) mass is 712 g/mol. The Kier molecular flexibility index (Phi) is 8.36. The van der Waals surface area contributed by atoms with Gasteiger partial charge in [0.05, 0.1) is 27.6 Å². The Morgan fingerprint density at radius 1 is 1.00 bits per heavy atom. The molecule has 6 rings (SSSR count). The first kappa shape index (κ1) is 31.4. The van der Waals surface area contributed by atoms with Crippen LogP contribution in [0.3, 0.4) is 0 Å². The van der Waals surface area contributed by atoms with E-state index < -0.39 is 27.8 Å². The molecular formula is C32H30BrClN4O6S. The number of anilines is 3. The minimum atomic E-state index is -3.98. The van der Waals surface area contributed by atoms with Crippen LogP contribution >= 0.6 is 27.5 Å². The van der Waals surface area contributed by atoms with Gasteiger partial charge in [-0.1, -0.05) is 18.5 Å². The first-order chi connectivity index (χ1) is 21.4. The summed E-state index contributed by atoms with van der Waals surface area (Å²) in [4.78, 5) is 54.7. The van der Waals surface area contributed by atoms with Crippen LogP contribution in [0.25, 0.3) is 0 Å². The van der Waals surface area contributed by atoms with Gasteiger partial charge in [-0.3, -0.25) is 19.2 Å². The van der Waals surface area contributed by atoms with Crippen LogP contribution in [0.2, 0.25) is 5.02 Å². The second kappa shape index (κ2) is 12.0. The third-order valence-electron chi connectivity index (χ3n) is 8.56. The SMILES string of the molecule is CCC(=O)N1CCc2cc(Br)c(S(=O)(=O)N3CCCC(C(=O)Nc4ccc(N5C(=O)c6ccc(Cl)cc6C5=O)c(C)c4)C3)cc21. The highest BCUT2D eigenvalue weighted by Gasteiger charge is 2.38. The lowest BCUT2D eigenvalue weighted by Gasteiger charge is -2.31. The minimum Gasteiger partial charge on any atom is -0.326 e. The average Bonchev–Trinajstić information content (AvgIpc) is 3.53. The van der Waals surface area contributed by atoms with Gasteiger partial charge in [0.15, 0.2) is 0 Å². The molecule has 0 aliphatic carbocycles. The van der Waals surface area contributed by atoms with E-state index in [2.05, 4.69) is 21.2 Å². The predicted octanol–water partition coefficient (Wildman–Crippen LogP) is 5.55. The number of aryl methyl sites for hydroxylation is 1. The van der Waals surface area contributed by atoms with Crippen molar-refractivity contribution >= 4 is 78.2 Å². The maximum atomic E-state index is 13.8. The first-order valence-corrected chi connectivity index (χ1v) is 17.2. The largest absolute Gasteiger partial charge is 0.326 e. The zero-order chi connectivity index (χ0) is 32.2. The van der Waals surface area contributed by atoms with E-state index in [-0.39, 0.29) is 40.9 Å². The number of hydrogen-bond acceptors (Lipinski definition) is 6. The molecule has 4 amide bonds. The van der Waals surface area contributed by atoms with Crippen LogP contribution in [0, 0.1) is 12.8 Å². The number of nitrogens with zero attached hydrogens (tertiary/aromatic N) is 3. The summed E-state index contributed by atoms with van der Waals surface area (Å²) >= 11 is 9.46. The van der Waals surface area contributed by atoms with E-state index in [1.54, 1.807) is 55.1 Å². The number of piperidine rings is 1. The zero-order valence-corrected chi connectivity index (χ0v) is 27.8. The number of fused-ring (bicyclic) bond motifs is 2. The number of carbonyl (C=O) groups is 4. The number of amides is 4. The molecule has 234 valence electrons. The smallest absolute Gasteiger partial charge is 0.266 e. The fraction of sp³-hybridized carbons (Fsp3) is 0.312. The van der Waals surface area contributed by atoms with E-state index in [0.717, 1.165) is 10.5 Å². The van der Waals surface area contributed by atoms with Crippen molar-refractivity contribution in [1.82, 2.24) is 4.31 Å². The van der Waals surface area contributed by atoms with Crippen LogP contribution < -0.4 is 15.1 Å². The summed E-state index contributed by atoms with van der Waals surface area (Å²) in [6.45, 7) is 4.30. The zero-order valence-electron chi connectivity index (χ0n) is 24.6. The van der Waals surface area contributed by atoms with Gasteiger partial charge >= 0.3 is 0 Å². The molecule has 0 bridgehead atoms. The standard InChI is InChI=1S/C32H30BrClN4O6S/c1-3-29(39)37-12-10-19-14-25(33)28(16-27(19)37)45(43,44)36-11-4-5-20(17-36)30(40)35-22-7-9-26(18(2)13-22)38-31(41)23-8-6-21(34)15-24(23)32(38)42/h6-9,13-16,20H,3-5,10-12,17H2,1-2H3,(H,35,40). The molecule has 13 heteroatoms. The Hall–Kier alpha value is -3.58. The number of carbonyl (C=O) groups excluding carboxylic acids is 4. The van der Waals surface area contributed by atoms with Gasteiger partial charge in [-0.25, -0.2) is 13.3 Å². The Balaban J connectivity index is 1.17. The van der Waals surface area contributed by atoms with E-state index in [9.17, 15) is 27.6 Å². The number of rotatable bonds is 6. The Morgan fingerprint density at radius 2 is 1.76 bits per heavy atom. The van der Waals surface area contributed by atoms with Gasteiger partial charge in [0.25, 0.3) is 11.8 Å². The lowest BCUT2D eigenvalue weighted by molar-refractivity contribution is -0.121. The van der Waals surface area contributed by atoms with Gasteiger partial charge < -0.3 is 10.2 Å². The average molecular weight is 714 g/mol. The lowest BCUT2D eigenvalue weighted by atomic mass is 9.98. The van der Waals surface area contributed by atoms with Crippen molar-refractivity contribution < 1.29 is 27.6 Å². The number of sulfonamides is 1. The van der Waals surface area contributed by atoms with E-state index in [0.29, 0.717) is 64.3 Å². The van der Waals surface area contributed by atoms with Crippen molar-refractivity contribution in [2.45, 2.75) is 44.4 Å². The third kappa shape index (κ3) is 5.58. The number of hydrogen-bond donors (Lipinski definition) is 1. The third-order valence-corrected chi connectivity index (χ3v) is 11.6. The molecule has 3 heterocycles. The van der Waals surface area contributed by atoms with E-state index in [4.69, 9.17) is 11.6 Å². The number of nitrogens with one attached hydrogen (secondary N) is 1. The van der Waals surface area contributed by atoms with Crippen molar-refractivity contribution in [3.63, 3.8) is 0 Å². The molecule has 3 aliphatic heterocycles. The molecule has 1 unspecified atom stereocenters. The highest BCUT2D eigenvalue weighted by Crippen LogP contribution is 2.38. The highest BCUT2D eigenvalue weighted by molar-refractivity contribution is 9.10. The summed E-state index contributed by atoms with van der Waals surface area (Å²) in [6, 6.07) is 12.8. The molecule has 3 aromatic carbocycles. The number of halogens is 2. The molecule has 3 aliphatic rings. The quantitative estimate of drug-likeness (QED) is 0.334. The van der Waals surface area contributed by atoms with Gasteiger partial charge in [0.2, 0.25) is 21.8 Å². The van der Waals surface area contributed by atoms with Crippen molar-refractivity contribution in [3.8, 4) is 0 Å². The molecule has 1 saturated heterocycles. The maximum absolute atomic E-state index is 13.8. The van der Waals surface area contributed by atoms with Crippen molar-refractivity contribution in [2.75, 3.05) is 34.8 Å². The van der Waals surface area contributed by atoms with E-state index in [1.807, 2.05) is 0 Å². The van der Waals surface area contributed by atoms with Gasteiger partial charge in [-0.15, -0.1) is 0 Å². The highest BCUT2D eigenvalue weighted by atomic mass is 79.9. The Labute approximate surface area is 274 Å². The second-order valence-corrected chi connectivity index (χ2v) is 14.6. The van der Waals surface area contributed by atoms with Gasteiger partial charge in [0.1, 0.15) is 0 Å². The molecule has 10 nitrogen and oxygen atoms in total. The van der Waals surface area contributed by atoms with Crippen LogP contribution in [0.1, 0.15) is 58.0 Å². The van der Waals surface area contributed by atoms with Crippen LogP contribution in [0.15, 0.2) is 57.9 Å². The lowest BCUT2D eigenvalue weighted by Crippen LogP contribution is -2.43. The van der Waals surface area contributed by atoms with Gasteiger partial charge in [-0.05, 0) is 102 Å². The van der Waals surface area contributed by atoms with Crippen LogP contribution in [-0.2, 0) is 26.0 Å². The van der Waals surface area contributed by atoms with Crippen molar-refractivity contribution in [1.29, 1.82) is 0 Å². The molecule has 0 radical (unpaired) electrons. The number of benzene rings is 3. The maximum Gasteiger partial charge on any atom is 0.266 e. The Bertz CT molecular complexity index is 1900. The fourth-order valence-electron chi connectivity index (χ4n) is 6.21. The predicted molar refractivity (Wildman–Crippen MR) is 174 cm³/mol. The summed E-state index contributed by atoms with van der Waals surface area (Å²) < 4.78 is 29.4. The summed E-state index contributed by atoms with van der Waals surface area (Å²) in [7, 11) is -3.98. The van der Waals surface area contributed by atoms with Crippen LogP contribution in [0.4, 0.5) is 17.1 Å². The van der Waals surface area contributed by atoms with E-state index in [1.165, 1.54) is 16.4 Å². The molecule has 0 spiro atoms. The molecule has 45 heavy (non-hydrogen) atoms. The summed E-state index contributed by atoms with van der Waals surface area (Å²) in [5.41, 5.74) is 3.48. The summed E-state index contributed by atoms with van der Waals surface area (Å²) in [5.74, 6) is -1.91. The van der Waals surface area contributed by atoms with Crippen LogP contribution in [-0.4, -0.2) is 56.0 Å². The van der Waals surface area contributed by atoms with Crippen molar-refractivity contribution in [2.24, 2.45) is 5.92 Å². The summed E-state index contributed by atoms with van der Waals surface area (Å²) in [6.07, 6.45) is 1.99. The molecule has 0 saturated carbocycles. The fourth-order valence-corrected chi connectivity index (χ4v) is 8.98. The van der Waals surface area contributed by atoms with Crippen molar-refractivity contribution in [3.05, 3.63) is 80.3 Å². The molecule has 3 aromatic rings. The van der Waals surface area contributed by atoms with Crippen LogP contribution in [0.5, 0.6) is 0 Å². The molecule has 1 fully saturated rings. The summed E-state index contributed by atoms with van der Waals surface area (Å²) in [5, 5.41) is 3.24. The molecular weight excluding hydrogens is 684 g/mol.